The van der Waals surface area contributed by atoms with Crippen molar-refractivity contribution in [2.75, 3.05) is 23.3 Å². The van der Waals surface area contributed by atoms with Gasteiger partial charge in [-0.25, -0.2) is 9.97 Å². The summed E-state index contributed by atoms with van der Waals surface area (Å²) in [6.07, 6.45) is 4.04. The van der Waals surface area contributed by atoms with E-state index in [2.05, 4.69) is 20.2 Å². The maximum absolute atomic E-state index is 12.8. The molecule has 0 atom stereocenters. The van der Waals surface area contributed by atoms with E-state index in [1.807, 2.05) is 42.5 Å². The van der Waals surface area contributed by atoms with Crippen molar-refractivity contribution in [2.45, 2.75) is 19.8 Å². The molecule has 26 heavy (non-hydrogen) atoms. The molecule has 1 N–H and O–H groups in total. The number of hydrogen-bond acceptors (Lipinski definition) is 5. The molecule has 1 aliphatic rings. The van der Waals surface area contributed by atoms with Gasteiger partial charge in [-0.15, -0.1) is 0 Å². The summed E-state index contributed by atoms with van der Waals surface area (Å²) in [5.74, 6) is 1.46. The normalized spacial score (nSPS) is 13.8. The Morgan fingerprint density at radius 2 is 1.88 bits per heavy atom. The Morgan fingerprint density at radius 3 is 2.65 bits per heavy atom. The minimum atomic E-state index is -0.290. The van der Waals surface area contributed by atoms with Gasteiger partial charge < -0.3 is 14.6 Å². The van der Waals surface area contributed by atoms with Crippen LogP contribution < -0.4 is 10.2 Å². The highest BCUT2D eigenvalue weighted by Crippen LogP contribution is 2.27. The molecule has 0 saturated carbocycles. The molecule has 0 spiro atoms. The average Bonchev–Trinajstić information content (AvgIpc) is 3.33. The maximum Gasteiger partial charge on any atom is 0.278 e. The highest BCUT2D eigenvalue weighted by Gasteiger charge is 2.22. The first-order valence-corrected chi connectivity index (χ1v) is 8.76. The topological polar surface area (TPSA) is 71.3 Å². The van der Waals surface area contributed by atoms with Gasteiger partial charge in [0.15, 0.2) is 11.5 Å². The van der Waals surface area contributed by atoms with Gasteiger partial charge in [-0.05, 0) is 44.0 Å². The van der Waals surface area contributed by atoms with Crippen molar-refractivity contribution in [1.29, 1.82) is 0 Å². The molecular weight excluding hydrogens is 328 g/mol. The number of carbonyl (C=O) groups excluding carboxylic acids is 1. The van der Waals surface area contributed by atoms with Crippen molar-refractivity contribution in [3.05, 3.63) is 60.1 Å². The number of carbonyl (C=O) groups is 1. The number of anilines is 2. The second-order valence-corrected chi connectivity index (χ2v) is 6.31. The number of benzene rings is 1. The van der Waals surface area contributed by atoms with Crippen LogP contribution in [0.15, 0.2) is 53.1 Å². The second-order valence-electron chi connectivity index (χ2n) is 6.31. The molecule has 2 aromatic heterocycles. The number of aryl methyl sites for hydroxylation is 1. The quantitative estimate of drug-likeness (QED) is 0.774. The molecule has 132 valence electrons. The minimum Gasteiger partial charge on any atom is -0.441 e. The Hall–Kier alpha value is -3.15. The first-order valence-electron chi connectivity index (χ1n) is 8.76. The monoisotopic (exact) mass is 348 g/mol. The summed E-state index contributed by atoms with van der Waals surface area (Å²) in [7, 11) is 0. The summed E-state index contributed by atoms with van der Waals surface area (Å²) in [6.45, 7) is 3.67. The smallest absolute Gasteiger partial charge is 0.278 e. The third-order valence-corrected chi connectivity index (χ3v) is 4.47. The van der Waals surface area contributed by atoms with Gasteiger partial charge in [0.2, 0.25) is 5.89 Å². The number of pyridine rings is 1. The summed E-state index contributed by atoms with van der Waals surface area (Å²) in [4.78, 5) is 23.8. The Bertz CT molecular complexity index is 915. The van der Waals surface area contributed by atoms with E-state index in [0.717, 1.165) is 37.3 Å². The number of nitrogens with one attached hydrogen (secondary N) is 1. The fraction of sp³-hybridized carbons (Fsp3) is 0.250. The van der Waals surface area contributed by atoms with Crippen LogP contribution in [-0.2, 0) is 0 Å². The Labute approximate surface area is 151 Å². The molecule has 1 aliphatic heterocycles. The van der Waals surface area contributed by atoms with Crippen LogP contribution in [0, 0.1) is 6.92 Å². The molecule has 3 heterocycles. The maximum atomic E-state index is 12.8. The van der Waals surface area contributed by atoms with Crippen molar-refractivity contribution in [3.63, 3.8) is 0 Å². The summed E-state index contributed by atoms with van der Waals surface area (Å²) < 4.78 is 5.69. The summed E-state index contributed by atoms with van der Waals surface area (Å²) in [5, 5.41) is 2.94. The predicted molar refractivity (Wildman–Crippen MR) is 100 cm³/mol. The molecule has 6 nitrogen and oxygen atoms in total. The van der Waals surface area contributed by atoms with Crippen LogP contribution >= 0.6 is 0 Å². The number of aromatic nitrogens is 2. The van der Waals surface area contributed by atoms with Crippen LogP contribution in [0.5, 0.6) is 0 Å². The Balaban J connectivity index is 1.59. The number of nitrogens with zero attached hydrogens (tertiary/aromatic N) is 3. The van der Waals surface area contributed by atoms with Gasteiger partial charge in [-0.2, -0.15) is 0 Å². The number of rotatable bonds is 4. The Morgan fingerprint density at radius 1 is 1.12 bits per heavy atom. The Kier molecular flexibility index (Phi) is 4.39. The minimum absolute atomic E-state index is 0.290. The van der Waals surface area contributed by atoms with Crippen LogP contribution in [0.25, 0.3) is 11.5 Å². The van der Waals surface area contributed by atoms with Gasteiger partial charge >= 0.3 is 0 Å². The zero-order valence-corrected chi connectivity index (χ0v) is 14.6. The van der Waals surface area contributed by atoms with Crippen molar-refractivity contribution in [2.24, 2.45) is 0 Å². The van der Waals surface area contributed by atoms with E-state index in [1.165, 1.54) is 0 Å². The lowest BCUT2D eigenvalue weighted by Crippen LogP contribution is -2.22. The first-order chi connectivity index (χ1) is 12.7. The molecule has 1 fully saturated rings. The lowest BCUT2D eigenvalue weighted by molar-refractivity contribution is 0.102. The SMILES string of the molecule is Cc1oc(-c2ccccc2)nc1C(=O)Nc1cccnc1N1CCCC1. The van der Waals surface area contributed by atoms with E-state index in [1.54, 1.807) is 13.1 Å². The molecule has 1 amide bonds. The molecule has 0 aliphatic carbocycles. The van der Waals surface area contributed by atoms with Crippen LogP contribution in [-0.4, -0.2) is 29.0 Å². The van der Waals surface area contributed by atoms with E-state index in [9.17, 15) is 4.79 Å². The highest BCUT2D eigenvalue weighted by molar-refractivity contribution is 6.05. The number of amides is 1. The van der Waals surface area contributed by atoms with Crippen molar-refractivity contribution < 1.29 is 9.21 Å². The fourth-order valence-electron chi connectivity index (χ4n) is 3.17. The third kappa shape index (κ3) is 3.18. The number of hydrogen-bond donors (Lipinski definition) is 1. The summed E-state index contributed by atoms with van der Waals surface area (Å²) in [6, 6.07) is 13.2. The molecule has 4 rings (SSSR count). The molecule has 0 bridgehead atoms. The third-order valence-electron chi connectivity index (χ3n) is 4.47. The molecule has 0 unspecified atom stereocenters. The van der Waals surface area contributed by atoms with Gasteiger partial charge in [0, 0.05) is 24.8 Å². The average molecular weight is 348 g/mol. The van der Waals surface area contributed by atoms with Crippen molar-refractivity contribution in [1.82, 2.24) is 9.97 Å². The standard InChI is InChI=1S/C20H20N4O2/c1-14-17(23-20(26-14)15-8-3-2-4-9-15)19(25)22-16-10-7-11-21-18(16)24-12-5-6-13-24/h2-4,7-11H,5-6,12-13H2,1H3,(H,22,25). The van der Waals surface area contributed by atoms with Crippen LogP contribution in [0.1, 0.15) is 29.1 Å². The van der Waals surface area contributed by atoms with Crippen molar-refractivity contribution in [3.8, 4) is 11.5 Å². The highest BCUT2D eigenvalue weighted by atomic mass is 16.4. The number of oxazole rings is 1. The second kappa shape index (κ2) is 7.00. The molecule has 1 aromatic carbocycles. The lowest BCUT2D eigenvalue weighted by atomic mass is 10.2. The zero-order chi connectivity index (χ0) is 17.9. The molecule has 1 saturated heterocycles. The summed E-state index contributed by atoms with van der Waals surface area (Å²) >= 11 is 0. The van der Waals surface area contributed by atoms with Crippen molar-refractivity contribution >= 4 is 17.4 Å². The summed E-state index contributed by atoms with van der Waals surface area (Å²) in [5.41, 5.74) is 1.83. The van der Waals surface area contributed by atoms with E-state index in [0.29, 0.717) is 23.0 Å². The van der Waals surface area contributed by atoms with Gasteiger partial charge in [0.1, 0.15) is 5.76 Å². The van der Waals surface area contributed by atoms with Gasteiger partial charge in [-0.1, -0.05) is 18.2 Å². The van der Waals surface area contributed by atoms with E-state index < -0.39 is 0 Å². The van der Waals surface area contributed by atoms with Gasteiger partial charge in [-0.3, -0.25) is 4.79 Å². The molecule has 3 aromatic rings. The molecule has 6 heteroatoms. The largest absolute Gasteiger partial charge is 0.441 e. The van der Waals surface area contributed by atoms with Crippen LogP contribution in [0.3, 0.4) is 0 Å². The fourth-order valence-corrected chi connectivity index (χ4v) is 3.17. The first kappa shape index (κ1) is 16.3. The van der Waals surface area contributed by atoms with E-state index in [-0.39, 0.29) is 5.91 Å². The zero-order valence-electron chi connectivity index (χ0n) is 14.6. The van der Waals surface area contributed by atoms with Crippen LogP contribution in [0.4, 0.5) is 11.5 Å². The van der Waals surface area contributed by atoms with Gasteiger partial charge in [0.05, 0.1) is 5.69 Å². The van der Waals surface area contributed by atoms with E-state index in [4.69, 9.17) is 4.42 Å². The van der Waals surface area contributed by atoms with Gasteiger partial charge in [0.25, 0.3) is 5.91 Å². The van der Waals surface area contributed by atoms with Crippen LogP contribution in [0.2, 0.25) is 0 Å². The van der Waals surface area contributed by atoms with E-state index >= 15 is 0 Å². The molecular formula is C20H20N4O2. The molecule has 0 radical (unpaired) electrons. The predicted octanol–water partition coefficient (Wildman–Crippen LogP) is 3.90. The lowest BCUT2D eigenvalue weighted by Gasteiger charge is -2.19.